The van der Waals surface area contributed by atoms with Crippen LogP contribution in [0, 0.1) is 0 Å². The van der Waals surface area contributed by atoms with Crippen LogP contribution in [0.3, 0.4) is 0 Å². The Hall–Kier alpha value is -0.900. The maximum absolute atomic E-state index is 14.1. The number of alkyl halides is 1. The van der Waals surface area contributed by atoms with Crippen LogP contribution in [0.1, 0.15) is 18.9 Å². The van der Waals surface area contributed by atoms with Crippen LogP contribution in [-0.2, 0) is 12.2 Å². The van der Waals surface area contributed by atoms with Crippen molar-refractivity contribution < 1.29 is 4.39 Å². The van der Waals surface area contributed by atoms with Crippen molar-refractivity contribution in [2.45, 2.75) is 25.6 Å². The molecule has 0 bridgehead atoms. The summed E-state index contributed by atoms with van der Waals surface area (Å²) in [4.78, 5) is 0. The predicted octanol–water partition coefficient (Wildman–Crippen LogP) is 1.06. The van der Waals surface area contributed by atoms with Crippen LogP contribution in [0.2, 0.25) is 0 Å². The molecule has 0 spiro atoms. The van der Waals surface area contributed by atoms with E-state index in [1.165, 1.54) is 0 Å². The van der Waals surface area contributed by atoms with Crippen LogP contribution >= 0.6 is 0 Å². The highest BCUT2D eigenvalue weighted by molar-refractivity contribution is 5.18. The molecule has 1 aliphatic rings. The van der Waals surface area contributed by atoms with Gasteiger partial charge in [0.25, 0.3) is 0 Å². The lowest BCUT2D eigenvalue weighted by atomic mass is 9.99. The Morgan fingerprint density at radius 2 is 2.62 bits per heavy atom. The van der Waals surface area contributed by atoms with Gasteiger partial charge in [-0.1, -0.05) is 0 Å². The number of aryl methyl sites for hydroxylation is 1. The minimum atomic E-state index is -1.19. The van der Waals surface area contributed by atoms with E-state index < -0.39 is 5.67 Å². The second-order valence-corrected chi connectivity index (χ2v) is 3.48. The molecule has 1 unspecified atom stereocenters. The van der Waals surface area contributed by atoms with E-state index in [1.54, 1.807) is 17.1 Å². The molecule has 1 atom stereocenters. The molecule has 0 radical (unpaired) electrons. The van der Waals surface area contributed by atoms with Gasteiger partial charge in [0.2, 0.25) is 0 Å². The van der Waals surface area contributed by atoms with Crippen molar-refractivity contribution in [1.82, 2.24) is 15.1 Å². The third-order valence-corrected chi connectivity index (χ3v) is 2.58. The molecule has 1 N–H and O–H groups in total. The lowest BCUT2D eigenvalue weighted by molar-refractivity contribution is 0.193. The van der Waals surface area contributed by atoms with Gasteiger partial charge in [0.05, 0.1) is 6.20 Å². The Bertz CT molecular complexity index is 289. The van der Waals surface area contributed by atoms with Crippen LogP contribution in [0.5, 0.6) is 0 Å². The number of halogens is 1. The summed E-state index contributed by atoms with van der Waals surface area (Å²) >= 11 is 0. The predicted molar refractivity (Wildman–Crippen MR) is 48.2 cm³/mol. The molecule has 3 nitrogen and oxygen atoms in total. The second kappa shape index (κ2) is 3.10. The molecule has 2 heterocycles. The highest BCUT2D eigenvalue weighted by atomic mass is 19.1. The number of rotatable bonds is 2. The Morgan fingerprint density at radius 3 is 3.15 bits per heavy atom. The summed E-state index contributed by atoms with van der Waals surface area (Å²) in [5.74, 6) is 0. The van der Waals surface area contributed by atoms with Crippen molar-refractivity contribution in [3.8, 4) is 0 Å². The van der Waals surface area contributed by atoms with Gasteiger partial charge in [-0.15, -0.1) is 0 Å². The Labute approximate surface area is 76.9 Å². The molecule has 1 saturated heterocycles. The topological polar surface area (TPSA) is 29.9 Å². The molecule has 0 aliphatic carbocycles. The molecule has 4 heteroatoms. The minimum absolute atomic E-state index is 0.419. The van der Waals surface area contributed by atoms with Gasteiger partial charge in [-0.3, -0.25) is 4.68 Å². The zero-order valence-electron chi connectivity index (χ0n) is 7.76. The summed E-state index contributed by atoms with van der Waals surface area (Å²) in [6, 6.07) is 0. The van der Waals surface area contributed by atoms with Crippen LogP contribution < -0.4 is 5.32 Å². The Kier molecular flexibility index (Phi) is 2.07. The second-order valence-electron chi connectivity index (χ2n) is 3.48. The van der Waals surface area contributed by atoms with E-state index in [4.69, 9.17) is 0 Å². The largest absolute Gasteiger partial charge is 0.313 e. The van der Waals surface area contributed by atoms with Crippen molar-refractivity contribution in [2.75, 3.05) is 13.1 Å². The summed E-state index contributed by atoms with van der Waals surface area (Å²) in [5, 5.41) is 7.10. The molecule has 1 fully saturated rings. The lowest BCUT2D eigenvalue weighted by Crippen LogP contribution is -2.22. The van der Waals surface area contributed by atoms with Gasteiger partial charge in [0.15, 0.2) is 5.67 Å². The van der Waals surface area contributed by atoms with E-state index in [1.807, 2.05) is 6.92 Å². The van der Waals surface area contributed by atoms with Crippen LogP contribution in [0.15, 0.2) is 12.4 Å². The van der Waals surface area contributed by atoms with Gasteiger partial charge in [-0.2, -0.15) is 5.10 Å². The minimum Gasteiger partial charge on any atom is -0.313 e. The molecule has 0 saturated carbocycles. The number of nitrogens with one attached hydrogen (secondary N) is 1. The fraction of sp³-hybridized carbons (Fsp3) is 0.667. The molecule has 2 rings (SSSR count). The molecule has 0 amide bonds. The first-order valence-corrected chi connectivity index (χ1v) is 4.67. The zero-order chi connectivity index (χ0) is 9.31. The highest BCUT2D eigenvalue weighted by Crippen LogP contribution is 2.31. The first-order valence-electron chi connectivity index (χ1n) is 4.67. The maximum Gasteiger partial charge on any atom is 0.152 e. The van der Waals surface area contributed by atoms with Gasteiger partial charge < -0.3 is 5.32 Å². The molecule has 1 aromatic rings. The van der Waals surface area contributed by atoms with E-state index in [2.05, 4.69) is 10.4 Å². The first kappa shape index (κ1) is 8.69. The monoisotopic (exact) mass is 183 g/mol. The van der Waals surface area contributed by atoms with Crippen molar-refractivity contribution in [3.63, 3.8) is 0 Å². The van der Waals surface area contributed by atoms with E-state index in [0.29, 0.717) is 18.5 Å². The van der Waals surface area contributed by atoms with Gasteiger partial charge in [-0.25, -0.2) is 4.39 Å². The average molecular weight is 183 g/mol. The van der Waals surface area contributed by atoms with Gasteiger partial charge >= 0.3 is 0 Å². The van der Waals surface area contributed by atoms with Crippen molar-refractivity contribution in [2.24, 2.45) is 0 Å². The van der Waals surface area contributed by atoms with Crippen LogP contribution in [0.25, 0.3) is 0 Å². The number of nitrogens with zero attached hydrogens (tertiary/aromatic N) is 2. The molecule has 1 aromatic heterocycles. The van der Waals surface area contributed by atoms with Crippen LogP contribution in [0.4, 0.5) is 4.39 Å². The van der Waals surface area contributed by atoms with Crippen LogP contribution in [-0.4, -0.2) is 22.9 Å². The Morgan fingerprint density at radius 1 is 1.77 bits per heavy atom. The number of aromatic nitrogens is 2. The summed E-state index contributed by atoms with van der Waals surface area (Å²) in [6.07, 6.45) is 3.99. The molecule has 1 aliphatic heterocycles. The summed E-state index contributed by atoms with van der Waals surface area (Å²) in [7, 11) is 0. The molecule has 0 aromatic carbocycles. The highest BCUT2D eigenvalue weighted by Gasteiger charge is 2.36. The van der Waals surface area contributed by atoms with Crippen molar-refractivity contribution in [1.29, 1.82) is 0 Å². The average Bonchev–Trinajstić information content (AvgIpc) is 2.72. The smallest absolute Gasteiger partial charge is 0.152 e. The fourth-order valence-corrected chi connectivity index (χ4v) is 1.68. The Balaban J connectivity index is 2.23. The van der Waals surface area contributed by atoms with E-state index in [0.717, 1.165) is 13.1 Å². The van der Waals surface area contributed by atoms with E-state index in [-0.39, 0.29) is 0 Å². The third kappa shape index (κ3) is 1.46. The maximum atomic E-state index is 14.1. The van der Waals surface area contributed by atoms with Gasteiger partial charge in [-0.05, 0) is 19.9 Å². The van der Waals surface area contributed by atoms with E-state index >= 15 is 0 Å². The van der Waals surface area contributed by atoms with Crippen molar-refractivity contribution in [3.05, 3.63) is 18.0 Å². The summed E-state index contributed by atoms with van der Waals surface area (Å²) in [6.45, 7) is 3.97. The molecular weight excluding hydrogens is 169 g/mol. The van der Waals surface area contributed by atoms with Gasteiger partial charge in [0, 0.05) is 24.8 Å². The van der Waals surface area contributed by atoms with Gasteiger partial charge in [0.1, 0.15) is 0 Å². The molecular formula is C9H14FN3. The fourth-order valence-electron chi connectivity index (χ4n) is 1.68. The quantitative estimate of drug-likeness (QED) is 0.743. The number of hydrogen-bond acceptors (Lipinski definition) is 2. The molecule has 72 valence electrons. The normalized spacial score (nSPS) is 28.2. The zero-order valence-corrected chi connectivity index (χ0v) is 7.76. The van der Waals surface area contributed by atoms with Crippen molar-refractivity contribution >= 4 is 0 Å². The lowest BCUT2D eigenvalue weighted by Gasteiger charge is -2.15. The summed E-state index contributed by atoms with van der Waals surface area (Å²) < 4.78 is 15.8. The molecule has 13 heavy (non-hydrogen) atoms. The number of hydrogen-bond donors (Lipinski definition) is 1. The first-order chi connectivity index (χ1) is 6.24. The third-order valence-electron chi connectivity index (χ3n) is 2.58. The van der Waals surface area contributed by atoms with E-state index in [9.17, 15) is 4.39 Å². The standard InChI is InChI=1S/C9H14FN3/c1-2-13-6-8(5-12-13)9(10)3-4-11-7-9/h5-6,11H,2-4,7H2,1H3. The SMILES string of the molecule is CCn1cc(C2(F)CCNC2)cn1. The summed E-state index contributed by atoms with van der Waals surface area (Å²) in [5.41, 5.74) is -0.479.